The lowest BCUT2D eigenvalue weighted by Gasteiger charge is -2.09. The summed E-state index contributed by atoms with van der Waals surface area (Å²) in [5.41, 5.74) is -0.603. The molecule has 1 aromatic carbocycles. The second-order valence-electron chi connectivity index (χ2n) is 3.58. The molecule has 9 nitrogen and oxygen atoms in total. The number of hydrogen-bond donors (Lipinski definition) is 3. The highest BCUT2D eigenvalue weighted by Gasteiger charge is 2.22. The van der Waals surface area contributed by atoms with Gasteiger partial charge in [0.15, 0.2) is 6.10 Å². The quantitative estimate of drug-likeness (QED) is 0.491. The van der Waals surface area contributed by atoms with Crippen molar-refractivity contribution in [1.29, 1.82) is 0 Å². The number of nitro benzene ring substituents is 1. The molecule has 1 aromatic rings. The van der Waals surface area contributed by atoms with E-state index in [-0.39, 0.29) is 5.02 Å². The summed E-state index contributed by atoms with van der Waals surface area (Å²) in [7, 11) is -4.20. The van der Waals surface area contributed by atoms with E-state index in [1.165, 1.54) is 0 Å². The van der Waals surface area contributed by atoms with Crippen LogP contribution in [0, 0.1) is 10.1 Å². The first-order valence-electron chi connectivity index (χ1n) is 4.99. The van der Waals surface area contributed by atoms with Crippen molar-refractivity contribution in [3.05, 3.63) is 33.3 Å². The Morgan fingerprint density at radius 3 is 2.60 bits per heavy atom. The number of rotatable bonds is 6. The van der Waals surface area contributed by atoms with Crippen molar-refractivity contribution in [1.82, 2.24) is 4.72 Å². The van der Waals surface area contributed by atoms with Crippen LogP contribution in [0.4, 0.5) is 5.69 Å². The second-order valence-corrected chi connectivity index (χ2v) is 5.75. The fourth-order valence-corrected chi connectivity index (χ4v) is 2.40. The van der Waals surface area contributed by atoms with Crippen LogP contribution in [0.3, 0.4) is 0 Å². The van der Waals surface area contributed by atoms with E-state index in [2.05, 4.69) is 0 Å². The van der Waals surface area contributed by atoms with Gasteiger partial charge in [0.05, 0.1) is 9.82 Å². The zero-order valence-corrected chi connectivity index (χ0v) is 11.3. The Morgan fingerprint density at radius 2 is 2.10 bits per heavy atom. The third kappa shape index (κ3) is 3.87. The van der Waals surface area contributed by atoms with Crippen LogP contribution in [0.15, 0.2) is 23.1 Å². The Balaban J connectivity index is 3.01. The molecule has 0 fully saturated rings. The molecule has 110 valence electrons. The molecule has 1 atom stereocenters. The van der Waals surface area contributed by atoms with E-state index in [4.69, 9.17) is 21.8 Å². The van der Waals surface area contributed by atoms with Gasteiger partial charge in [-0.25, -0.2) is 17.9 Å². The van der Waals surface area contributed by atoms with Gasteiger partial charge in [-0.1, -0.05) is 11.6 Å². The SMILES string of the molecule is O=C(O)C(O)CNS(=O)(=O)c1ccc(Cl)c([N+](=O)[O-])c1. The fourth-order valence-electron chi connectivity index (χ4n) is 1.16. The molecule has 0 amide bonds. The highest BCUT2D eigenvalue weighted by atomic mass is 35.5. The standard InChI is InChI=1S/C9H9ClN2O7S/c10-6-2-1-5(3-7(6)12(16)17)20(18,19)11-4-8(13)9(14)15/h1-3,8,11,13H,4H2,(H,14,15). The summed E-state index contributed by atoms with van der Waals surface area (Å²) in [6.45, 7) is -0.770. The monoisotopic (exact) mass is 324 g/mol. The number of halogens is 1. The van der Waals surface area contributed by atoms with Crippen molar-refractivity contribution < 1.29 is 28.3 Å². The average molecular weight is 325 g/mol. The first-order valence-corrected chi connectivity index (χ1v) is 6.85. The summed E-state index contributed by atoms with van der Waals surface area (Å²) < 4.78 is 25.3. The van der Waals surface area contributed by atoms with E-state index in [0.717, 1.165) is 18.2 Å². The Kier molecular flexibility index (Phi) is 5.00. The highest BCUT2D eigenvalue weighted by Crippen LogP contribution is 2.26. The van der Waals surface area contributed by atoms with Crippen LogP contribution in [-0.2, 0) is 14.8 Å². The van der Waals surface area contributed by atoms with Gasteiger partial charge in [0.25, 0.3) is 5.69 Å². The summed E-state index contributed by atoms with van der Waals surface area (Å²) in [6.07, 6.45) is -1.92. The normalized spacial score (nSPS) is 12.9. The molecule has 3 N–H and O–H groups in total. The van der Waals surface area contributed by atoms with Gasteiger partial charge < -0.3 is 10.2 Å². The summed E-state index contributed by atoms with van der Waals surface area (Å²) in [6, 6.07) is 2.78. The molecule has 0 bridgehead atoms. The summed E-state index contributed by atoms with van der Waals surface area (Å²) in [5.74, 6) is -1.60. The zero-order chi connectivity index (χ0) is 15.5. The molecule has 20 heavy (non-hydrogen) atoms. The van der Waals surface area contributed by atoms with Crippen LogP contribution >= 0.6 is 11.6 Å². The molecule has 0 radical (unpaired) electrons. The summed E-state index contributed by atoms with van der Waals surface area (Å²) >= 11 is 5.54. The third-order valence-electron chi connectivity index (χ3n) is 2.18. The summed E-state index contributed by atoms with van der Waals surface area (Å²) in [5, 5.41) is 27.8. The lowest BCUT2D eigenvalue weighted by molar-refractivity contribution is -0.384. The van der Waals surface area contributed by atoms with Crippen molar-refractivity contribution in [3.8, 4) is 0 Å². The van der Waals surface area contributed by atoms with Gasteiger partial charge in [-0.3, -0.25) is 10.1 Å². The number of carboxylic acid groups (broad SMARTS) is 1. The lowest BCUT2D eigenvalue weighted by Crippen LogP contribution is -2.36. The van der Waals surface area contributed by atoms with Crippen LogP contribution < -0.4 is 4.72 Å². The third-order valence-corrected chi connectivity index (χ3v) is 3.92. The Labute approximate surface area is 118 Å². The van der Waals surface area contributed by atoms with Gasteiger partial charge >= 0.3 is 5.97 Å². The second kappa shape index (κ2) is 6.13. The molecule has 0 saturated heterocycles. The number of nitro groups is 1. The number of nitrogens with one attached hydrogen (secondary N) is 1. The minimum Gasteiger partial charge on any atom is -0.479 e. The van der Waals surface area contributed by atoms with Crippen LogP contribution in [-0.4, -0.2) is 42.2 Å². The maximum atomic E-state index is 11.8. The smallest absolute Gasteiger partial charge is 0.333 e. The molecule has 1 rings (SSSR count). The number of benzene rings is 1. The van der Waals surface area contributed by atoms with E-state index >= 15 is 0 Å². The molecule has 11 heteroatoms. The average Bonchev–Trinajstić information content (AvgIpc) is 2.35. The largest absolute Gasteiger partial charge is 0.479 e. The van der Waals surface area contributed by atoms with Gasteiger partial charge in [-0.2, -0.15) is 0 Å². The van der Waals surface area contributed by atoms with E-state index in [1.807, 2.05) is 4.72 Å². The van der Waals surface area contributed by atoms with Crippen molar-refractivity contribution in [2.24, 2.45) is 0 Å². The number of nitrogens with zero attached hydrogens (tertiary/aromatic N) is 1. The molecule has 0 saturated carbocycles. The Hall–Kier alpha value is -1.75. The van der Waals surface area contributed by atoms with Crippen LogP contribution in [0.2, 0.25) is 5.02 Å². The van der Waals surface area contributed by atoms with Crippen molar-refractivity contribution in [2.45, 2.75) is 11.0 Å². The molecule has 0 aromatic heterocycles. The van der Waals surface area contributed by atoms with Gasteiger partial charge in [0.1, 0.15) is 5.02 Å². The highest BCUT2D eigenvalue weighted by molar-refractivity contribution is 7.89. The number of hydrogen-bond acceptors (Lipinski definition) is 6. The number of carbonyl (C=O) groups is 1. The maximum Gasteiger partial charge on any atom is 0.333 e. The molecule has 0 spiro atoms. The van der Waals surface area contributed by atoms with E-state index in [9.17, 15) is 23.3 Å². The Morgan fingerprint density at radius 1 is 1.50 bits per heavy atom. The topological polar surface area (TPSA) is 147 Å². The van der Waals surface area contributed by atoms with E-state index in [1.54, 1.807) is 0 Å². The molecular formula is C9H9ClN2O7S. The number of aliphatic hydroxyl groups is 1. The minimum atomic E-state index is -4.20. The van der Waals surface area contributed by atoms with Crippen molar-refractivity contribution in [2.75, 3.05) is 6.54 Å². The molecule has 1 unspecified atom stereocenters. The van der Waals surface area contributed by atoms with E-state index < -0.39 is 44.1 Å². The molecule has 0 heterocycles. The van der Waals surface area contributed by atoms with Gasteiger partial charge in [0.2, 0.25) is 10.0 Å². The maximum absolute atomic E-state index is 11.8. The number of aliphatic carboxylic acids is 1. The summed E-state index contributed by atoms with van der Waals surface area (Å²) in [4.78, 5) is 19.7. The van der Waals surface area contributed by atoms with Gasteiger partial charge in [-0.05, 0) is 12.1 Å². The van der Waals surface area contributed by atoms with Gasteiger partial charge in [-0.15, -0.1) is 0 Å². The fraction of sp³-hybridized carbons (Fsp3) is 0.222. The minimum absolute atomic E-state index is 0.237. The van der Waals surface area contributed by atoms with Crippen LogP contribution in [0.5, 0.6) is 0 Å². The van der Waals surface area contributed by atoms with E-state index in [0.29, 0.717) is 0 Å². The molecule has 0 aliphatic carbocycles. The zero-order valence-electron chi connectivity index (χ0n) is 9.69. The van der Waals surface area contributed by atoms with Crippen LogP contribution in [0.25, 0.3) is 0 Å². The van der Waals surface area contributed by atoms with Crippen molar-refractivity contribution in [3.63, 3.8) is 0 Å². The molecular weight excluding hydrogens is 316 g/mol. The predicted octanol–water partition coefficient (Wildman–Crippen LogP) is -0.0280. The lowest BCUT2D eigenvalue weighted by atomic mass is 10.3. The van der Waals surface area contributed by atoms with Gasteiger partial charge in [0, 0.05) is 12.6 Å². The first kappa shape index (κ1) is 16.3. The Bertz CT molecular complexity index is 646. The van der Waals surface area contributed by atoms with Crippen molar-refractivity contribution >= 4 is 33.3 Å². The first-order chi connectivity index (χ1) is 9.15. The predicted molar refractivity (Wildman–Crippen MR) is 66.9 cm³/mol. The van der Waals surface area contributed by atoms with Crippen LogP contribution in [0.1, 0.15) is 0 Å². The number of carboxylic acids is 1. The molecule has 0 aliphatic heterocycles. The number of aliphatic hydroxyl groups excluding tert-OH is 1. The number of sulfonamides is 1. The molecule has 0 aliphatic rings.